The van der Waals surface area contributed by atoms with Crippen molar-refractivity contribution in [2.45, 2.75) is 19.5 Å². The van der Waals surface area contributed by atoms with E-state index in [2.05, 4.69) is 0 Å². The molecule has 33 heavy (non-hydrogen) atoms. The molecule has 0 aromatic heterocycles. The number of rotatable bonds is 8. The minimum Gasteiger partial charge on any atom is -0.465 e. The lowest BCUT2D eigenvalue weighted by Gasteiger charge is -2.23. The molecule has 0 fully saturated rings. The summed E-state index contributed by atoms with van der Waals surface area (Å²) in [6, 6.07) is 20.1. The zero-order chi connectivity index (χ0) is 23.8. The van der Waals surface area contributed by atoms with Crippen LogP contribution >= 0.6 is 0 Å². The second-order valence-electron chi connectivity index (χ2n) is 7.03. The van der Waals surface area contributed by atoms with Crippen LogP contribution in [0, 0.1) is 0 Å². The third-order valence-electron chi connectivity index (χ3n) is 4.66. The molecule has 0 aliphatic heterocycles. The van der Waals surface area contributed by atoms with Crippen LogP contribution in [-0.2, 0) is 26.9 Å². The van der Waals surface area contributed by atoms with Gasteiger partial charge in [0.15, 0.2) is 0 Å². The van der Waals surface area contributed by atoms with Crippen LogP contribution in [0.3, 0.4) is 0 Å². The highest BCUT2D eigenvalue weighted by atomic mass is 19.4. The van der Waals surface area contributed by atoms with Crippen LogP contribution in [0.25, 0.3) is 0 Å². The van der Waals surface area contributed by atoms with Crippen molar-refractivity contribution >= 4 is 17.6 Å². The minimum absolute atomic E-state index is 0.0515. The van der Waals surface area contributed by atoms with Gasteiger partial charge in [0.05, 0.1) is 18.6 Å². The Balaban J connectivity index is 1.89. The normalized spacial score (nSPS) is 11.0. The summed E-state index contributed by atoms with van der Waals surface area (Å²) in [5.41, 5.74) is -0.453. The third-order valence-corrected chi connectivity index (χ3v) is 4.66. The quantitative estimate of drug-likeness (QED) is 0.411. The van der Waals surface area contributed by atoms with Crippen LogP contribution in [0.2, 0.25) is 0 Å². The maximum absolute atomic E-state index is 13.2. The number of benzene rings is 3. The number of para-hydroxylation sites is 2. The highest BCUT2D eigenvalue weighted by molar-refractivity contribution is 5.99. The molecule has 0 saturated heterocycles. The van der Waals surface area contributed by atoms with Gasteiger partial charge in [0.2, 0.25) is 5.91 Å². The van der Waals surface area contributed by atoms with E-state index in [1.807, 2.05) is 6.07 Å². The summed E-state index contributed by atoms with van der Waals surface area (Å²) in [6.07, 6.45) is -4.79. The highest BCUT2D eigenvalue weighted by Gasteiger charge is 2.31. The van der Waals surface area contributed by atoms with E-state index in [4.69, 9.17) is 9.47 Å². The summed E-state index contributed by atoms with van der Waals surface area (Å²) in [4.78, 5) is 26.3. The maximum Gasteiger partial charge on any atom is 0.416 e. The van der Waals surface area contributed by atoms with E-state index >= 15 is 0 Å². The van der Waals surface area contributed by atoms with E-state index in [1.54, 1.807) is 55.5 Å². The predicted molar refractivity (Wildman–Crippen MR) is 117 cm³/mol. The van der Waals surface area contributed by atoms with Gasteiger partial charge in [-0.2, -0.15) is 13.2 Å². The first kappa shape index (κ1) is 23.8. The molecule has 0 spiro atoms. The summed E-state index contributed by atoms with van der Waals surface area (Å²) in [7, 11) is 0. The van der Waals surface area contributed by atoms with Crippen molar-refractivity contribution in [3.8, 4) is 11.5 Å². The molecule has 5 nitrogen and oxygen atoms in total. The lowest BCUT2D eigenvalue weighted by Crippen LogP contribution is -2.37. The van der Waals surface area contributed by atoms with Gasteiger partial charge < -0.3 is 14.4 Å². The van der Waals surface area contributed by atoms with E-state index < -0.39 is 30.2 Å². The zero-order valence-electron chi connectivity index (χ0n) is 17.8. The number of alkyl halides is 3. The molecule has 172 valence electrons. The fraction of sp³-hybridized carbons (Fsp3) is 0.200. The number of nitrogens with zero attached hydrogens (tertiary/aromatic N) is 1. The van der Waals surface area contributed by atoms with Crippen LogP contribution in [0.15, 0.2) is 78.9 Å². The number of anilines is 1. The van der Waals surface area contributed by atoms with Gasteiger partial charge in [-0.25, -0.2) is 0 Å². The molecule has 0 radical (unpaired) electrons. The highest BCUT2D eigenvalue weighted by Crippen LogP contribution is 2.32. The molecule has 0 atom stereocenters. The Hall–Kier alpha value is -3.81. The molecule has 0 unspecified atom stereocenters. The van der Waals surface area contributed by atoms with Gasteiger partial charge in [-0.3, -0.25) is 9.59 Å². The molecule has 3 rings (SSSR count). The number of ether oxygens (including phenoxy) is 2. The standard InChI is InChI=1S/C25H22F3NO4/c1-2-32-24(31)17-29(20-11-8-10-19(16-20)25(26,27)28)23(30)15-18-9-6-7-14-22(18)33-21-12-4-3-5-13-21/h3-14,16H,2,15,17H2,1H3. The average Bonchev–Trinajstić information content (AvgIpc) is 2.79. The smallest absolute Gasteiger partial charge is 0.416 e. The van der Waals surface area contributed by atoms with E-state index in [0.717, 1.165) is 17.0 Å². The Morgan fingerprint density at radius 2 is 1.61 bits per heavy atom. The predicted octanol–water partition coefficient (Wildman–Crippen LogP) is 5.64. The van der Waals surface area contributed by atoms with Crippen molar-refractivity contribution in [2.24, 2.45) is 0 Å². The topological polar surface area (TPSA) is 55.8 Å². The summed E-state index contributed by atoms with van der Waals surface area (Å²) in [5.74, 6) is -0.306. The van der Waals surface area contributed by atoms with Crippen molar-refractivity contribution in [2.75, 3.05) is 18.1 Å². The van der Waals surface area contributed by atoms with E-state index in [9.17, 15) is 22.8 Å². The molecule has 0 bridgehead atoms. The fourth-order valence-electron chi connectivity index (χ4n) is 3.13. The van der Waals surface area contributed by atoms with Gasteiger partial charge in [-0.05, 0) is 43.3 Å². The first-order valence-electron chi connectivity index (χ1n) is 10.2. The van der Waals surface area contributed by atoms with Gasteiger partial charge in [0.1, 0.15) is 18.0 Å². The summed E-state index contributed by atoms with van der Waals surface area (Å²) in [5, 5.41) is 0. The van der Waals surface area contributed by atoms with E-state index in [0.29, 0.717) is 17.1 Å². The van der Waals surface area contributed by atoms with Crippen molar-refractivity contribution < 1.29 is 32.2 Å². The van der Waals surface area contributed by atoms with Gasteiger partial charge in [-0.15, -0.1) is 0 Å². The van der Waals surface area contributed by atoms with Crippen LogP contribution in [0.1, 0.15) is 18.1 Å². The molecule has 1 amide bonds. The molecule has 3 aromatic rings. The fourth-order valence-corrected chi connectivity index (χ4v) is 3.13. The number of hydrogen-bond acceptors (Lipinski definition) is 4. The second kappa shape index (κ2) is 10.7. The Bertz CT molecular complexity index is 1100. The molecule has 0 aliphatic carbocycles. The van der Waals surface area contributed by atoms with Gasteiger partial charge >= 0.3 is 12.1 Å². The molecular formula is C25H22F3NO4. The average molecular weight is 457 g/mol. The second-order valence-corrected chi connectivity index (χ2v) is 7.03. The van der Waals surface area contributed by atoms with E-state index in [1.165, 1.54) is 12.1 Å². The SMILES string of the molecule is CCOC(=O)CN(C(=O)Cc1ccccc1Oc1ccccc1)c1cccc(C(F)(F)F)c1. The number of esters is 1. The number of halogens is 3. The summed E-state index contributed by atoms with van der Waals surface area (Å²) < 4.78 is 50.4. The molecule has 0 N–H and O–H groups in total. The van der Waals surface area contributed by atoms with Gasteiger partial charge in [-0.1, -0.05) is 42.5 Å². The Morgan fingerprint density at radius 3 is 2.30 bits per heavy atom. The van der Waals surface area contributed by atoms with Crippen molar-refractivity contribution in [1.82, 2.24) is 0 Å². The summed E-state index contributed by atoms with van der Waals surface area (Å²) in [6.45, 7) is 1.17. The molecule has 8 heteroatoms. The monoisotopic (exact) mass is 457 g/mol. The number of hydrogen-bond donors (Lipinski definition) is 0. The van der Waals surface area contributed by atoms with Crippen molar-refractivity contribution in [1.29, 1.82) is 0 Å². The van der Waals surface area contributed by atoms with Crippen LogP contribution in [-0.4, -0.2) is 25.0 Å². The maximum atomic E-state index is 13.2. The van der Waals surface area contributed by atoms with Crippen molar-refractivity contribution in [3.05, 3.63) is 90.0 Å². The Kier molecular flexibility index (Phi) is 7.71. The molecule has 0 aliphatic rings. The van der Waals surface area contributed by atoms with Crippen LogP contribution in [0.4, 0.5) is 18.9 Å². The third kappa shape index (κ3) is 6.58. The van der Waals surface area contributed by atoms with E-state index in [-0.39, 0.29) is 18.7 Å². The van der Waals surface area contributed by atoms with Gasteiger partial charge in [0.25, 0.3) is 0 Å². The number of carbonyl (C=O) groups is 2. The lowest BCUT2D eigenvalue weighted by molar-refractivity contribution is -0.142. The number of amides is 1. The Labute approximate surface area is 189 Å². The molecular weight excluding hydrogens is 435 g/mol. The van der Waals surface area contributed by atoms with Crippen LogP contribution < -0.4 is 9.64 Å². The lowest BCUT2D eigenvalue weighted by atomic mass is 10.1. The number of carbonyl (C=O) groups excluding carboxylic acids is 2. The largest absolute Gasteiger partial charge is 0.465 e. The van der Waals surface area contributed by atoms with Crippen molar-refractivity contribution in [3.63, 3.8) is 0 Å². The Morgan fingerprint density at radius 1 is 0.909 bits per heavy atom. The molecule has 0 saturated carbocycles. The minimum atomic E-state index is -4.59. The molecule has 0 heterocycles. The van der Waals surface area contributed by atoms with Gasteiger partial charge in [0, 0.05) is 11.3 Å². The van der Waals surface area contributed by atoms with Crippen LogP contribution in [0.5, 0.6) is 11.5 Å². The zero-order valence-corrected chi connectivity index (χ0v) is 17.8. The first-order valence-corrected chi connectivity index (χ1v) is 10.2. The summed E-state index contributed by atoms with van der Waals surface area (Å²) >= 11 is 0. The first-order chi connectivity index (χ1) is 15.8. The molecule has 3 aromatic carbocycles.